The second-order valence-electron chi connectivity index (χ2n) is 11.3. The Balaban J connectivity index is 1.36. The molecule has 2 heteroatoms. The van der Waals surface area contributed by atoms with Crippen LogP contribution in [0.5, 0.6) is 0 Å². The van der Waals surface area contributed by atoms with E-state index in [0.29, 0.717) is 0 Å². The number of rotatable bonds is 4. The van der Waals surface area contributed by atoms with Crippen LogP contribution < -0.4 is 4.90 Å². The van der Waals surface area contributed by atoms with E-state index in [0.717, 1.165) is 44.6 Å². The highest BCUT2D eigenvalue weighted by atomic mass is 16.3. The van der Waals surface area contributed by atoms with Crippen molar-refractivity contribution in [3.8, 4) is 11.1 Å². The summed E-state index contributed by atoms with van der Waals surface area (Å²) in [5.74, 6) is 0. The Bertz CT molecular complexity index is 2450. The second kappa shape index (κ2) is 9.86. The largest absolute Gasteiger partial charge is 0.455 e. The van der Waals surface area contributed by atoms with Crippen molar-refractivity contribution in [2.75, 3.05) is 4.90 Å². The smallest absolute Gasteiger partial charge is 0.143 e. The first kappa shape index (κ1) is 24.7. The fraction of sp³-hybridized carbons (Fsp3) is 0. The fourth-order valence-electron chi connectivity index (χ4n) is 6.83. The Morgan fingerprint density at radius 3 is 1.64 bits per heavy atom. The molecular formula is C42H27NO. The van der Waals surface area contributed by atoms with Gasteiger partial charge in [0.15, 0.2) is 0 Å². The molecule has 2 nitrogen and oxygen atoms in total. The van der Waals surface area contributed by atoms with Gasteiger partial charge in [0.2, 0.25) is 0 Å². The van der Waals surface area contributed by atoms with E-state index >= 15 is 0 Å². The summed E-state index contributed by atoms with van der Waals surface area (Å²) in [6.07, 6.45) is 0. The lowest BCUT2D eigenvalue weighted by Crippen LogP contribution is -2.09. The molecule has 0 atom stereocenters. The standard InChI is InChI=1S/C42H27NO/c1-3-15-30(16-4-1)43(31-17-5-2-6-18-31)32-23-24-40-37(27-32)39-26-29-14-8-10-20-34(29)41(42(39)44-40)38-25-28-13-7-9-19-33(28)35-21-11-12-22-36(35)38/h1-27H. The van der Waals surface area contributed by atoms with Crippen molar-refractivity contribution in [1.29, 1.82) is 0 Å². The lowest BCUT2D eigenvalue weighted by atomic mass is 9.89. The molecular weight excluding hydrogens is 534 g/mol. The molecule has 206 valence electrons. The Morgan fingerprint density at radius 1 is 0.364 bits per heavy atom. The van der Waals surface area contributed by atoms with Gasteiger partial charge in [-0.15, -0.1) is 0 Å². The Labute approximate surface area is 255 Å². The third kappa shape index (κ3) is 3.82. The SMILES string of the molecule is c1ccc(N(c2ccccc2)c2ccc3oc4c(-c5cc6ccccc6c6ccccc56)c5ccccc5cc4c3c2)cc1. The molecule has 0 aliphatic heterocycles. The van der Waals surface area contributed by atoms with E-state index in [1.807, 2.05) is 0 Å². The van der Waals surface area contributed by atoms with E-state index in [4.69, 9.17) is 4.42 Å². The van der Waals surface area contributed by atoms with Crippen LogP contribution in [-0.2, 0) is 0 Å². The van der Waals surface area contributed by atoms with Crippen molar-refractivity contribution < 1.29 is 4.42 Å². The first-order chi connectivity index (χ1) is 21.8. The zero-order chi connectivity index (χ0) is 29.0. The summed E-state index contributed by atoms with van der Waals surface area (Å²) < 4.78 is 6.83. The van der Waals surface area contributed by atoms with Crippen LogP contribution >= 0.6 is 0 Å². The highest BCUT2D eigenvalue weighted by molar-refractivity contribution is 6.23. The van der Waals surface area contributed by atoms with E-state index in [2.05, 4.69) is 169 Å². The Hall–Kier alpha value is -5.86. The summed E-state index contributed by atoms with van der Waals surface area (Å²) in [4.78, 5) is 2.30. The third-order valence-corrected chi connectivity index (χ3v) is 8.79. The zero-order valence-electron chi connectivity index (χ0n) is 23.9. The molecule has 0 aliphatic rings. The zero-order valence-corrected chi connectivity index (χ0v) is 23.9. The van der Waals surface area contributed by atoms with Crippen LogP contribution in [0.1, 0.15) is 0 Å². The second-order valence-corrected chi connectivity index (χ2v) is 11.3. The topological polar surface area (TPSA) is 16.4 Å². The number of hydrogen-bond acceptors (Lipinski definition) is 2. The van der Waals surface area contributed by atoms with Crippen LogP contribution in [0.25, 0.3) is 65.4 Å². The van der Waals surface area contributed by atoms with Crippen molar-refractivity contribution in [3.63, 3.8) is 0 Å². The molecule has 0 saturated heterocycles. The monoisotopic (exact) mass is 561 g/mol. The molecule has 1 heterocycles. The minimum atomic E-state index is 0.881. The van der Waals surface area contributed by atoms with Gasteiger partial charge in [0.25, 0.3) is 0 Å². The molecule has 0 fully saturated rings. The summed E-state index contributed by atoms with van der Waals surface area (Å²) in [5, 5.41) is 9.57. The van der Waals surface area contributed by atoms with Gasteiger partial charge in [-0.05, 0) is 92.5 Å². The summed E-state index contributed by atoms with van der Waals surface area (Å²) in [7, 11) is 0. The van der Waals surface area contributed by atoms with Crippen LogP contribution in [0.15, 0.2) is 168 Å². The maximum atomic E-state index is 6.83. The van der Waals surface area contributed by atoms with Crippen LogP contribution in [0.4, 0.5) is 17.1 Å². The van der Waals surface area contributed by atoms with Gasteiger partial charge in [-0.3, -0.25) is 0 Å². The molecule has 0 spiro atoms. The molecule has 0 N–H and O–H groups in total. The van der Waals surface area contributed by atoms with Crippen LogP contribution in [0, 0.1) is 0 Å². The van der Waals surface area contributed by atoms with Crippen molar-refractivity contribution in [2.24, 2.45) is 0 Å². The number of benzene rings is 8. The highest BCUT2D eigenvalue weighted by Crippen LogP contribution is 2.46. The average molecular weight is 562 g/mol. The molecule has 44 heavy (non-hydrogen) atoms. The molecule has 0 bridgehead atoms. The van der Waals surface area contributed by atoms with E-state index in [1.165, 1.54) is 37.9 Å². The first-order valence-corrected chi connectivity index (χ1v) is 15.0. The molecule has 0 aliphatic carbocycles. The number of nitrogens with zero attached hydrogens (tertiary/aromatic N) is 1. The van der Waals surface area contributed by atoms with Gasteiger partial charge >= 0.3 is 0 Å². The number of fused-ring (bicyclic) bond motifs is 7. The quantitative estimate of drug-likeness (QED) is 0.199. The molecule has 0 saturated carbocycles. The van der Waals surface area contributed by atoms with Gasteiger partial charge in [0, 0.05) is 33.4 Å². The van der Waals surface area contributed by atoms with Gasteiger partial charge < -0.3 is 9.32 Å². The molecule has 9 rings (SSSR count). The minimum absolute atomic E-state index is 0.881. The third-order valence-electron chi connectivity index (χ3n) is 8.79. The molecule has 8 aromatic carbocycles. The summed E-state index contributed by atoms with van der Waals surface area (Å²) in [5.41, 5.74) is 7.44. The van der Waals surface area contributed by atoms with Crippen molar-refractivity contribution >= 4 is 71.3 Å². The van der Waals surface area contributed by atoms with E-state index in [9.17, 15) is 0 Å². The maximum Gasteiger partial charge on any atom is 0.143 e. The first-order valence-electron chi connectivity index (χ1n) is 15.0. The highest BCUT2D eigenvalue weighted by Gasteiger charge is 2.21. The molecule has 0 unspecified atom stereocenters. The fourth-order valence-corrected chi connectivity index (χ4v) is 6.83. The van der Waals surface area contributed by atoms with Crippen LogP contribution in [0.3, 0.4) is 0 Å². The molecule has 0 radical (unpaired) electrons. The van der Waals surface area contributed by atoms with Gasteiger partial charge in [-0.1, -0.05) is 109 Å². The van der Waals surface area contributed by atoms with Crippen molar-refractivity contribution in [3.05, 3.63) is 164 Å². The Kier molecular flexibility index (Phi) is 5.54. The predicted octanol–water partition coefficient (Wildman–Crippen LogP) is 12.2. The van der Waals surface area contributed by atoms with Gasteiger partial charge in [-0.2, -0.15) is 0 Å². The lowest BCUT2D eigenvalue weighted by Gasteiger charge is -2.25. The van der Waals surface area contributed by atoms with Crippen molar-refractivity contribution in [2.45, 2.75) is 0 Å². The van der Waals surface area contributed by atoms with Gasteiger partial charge in [0.1, 0.15) is 11.2 Å². The van der Waals surface area contributed by atoms with Gasteiger partial charge in [-0.25, -0.2) is 0 Å². The predicted molar refractivity (Wildman–Crippen MR) is 186 cm³/mol. The lowest BCUT2D eigenvalue weighted by molar-refractivity contribution is 0.670. The van der Waals surface area contributed by atoms with Crippen LogP contribution in [-0.4, -0.2) is 0 Å². The average Bonchev–Trinajstić information content (AvgIpc) is 3.45. The van der Waals surface area contributed by atoms with E-state index < -0.39 is 0 Å². The van der Waals surface area contributed by atoms with E-state index in [1.54, 1.807) is 0 Å². The van der Waals surface area contributed by atoms with Crippen LogP contribution in [0.2, 0.25) is 0 Å². The molecule has 9 aromatic rings. The molecule has 1 aromatic heterocycles. The molecule has 0 amide bonds. The number of hydrogen-bond donors (Lipinski definition) is 0. The normalized spacial score (nSPS) is 11.6. The maximum absolute atomic E-state index is 6.83. The summed E-state index contributed by atoms with van der Waals surface area (Å²) in [6.45, 7) is 0. The number of furan rings is 1. The van der Waals surface area contributed by atoms with Crippen molar-refractivity contribution in [1.82, 2.24) is 0 Å². The number of para-hydroxylation sites is 2. The summed E-state index contributed by atoms with van der Waals surface area (Å²) in [6, 6.07) is 58.3. The Morgan fingerprint density at radius 2 is 0.932 bits per heavy atom. The van der Waals surface area contributed by atoms with E-state index in [-0.39, 0.29) is 0 Å². The minimum Gasteiger partial charge on any atom is -0.455 e. The summed E-state index contributed by atoms with van der Waals surface area (Å²) >= 11 is 0. The number of anilines is 3. The van der Waals surface area contributed by atoms with Gasteiger partial charge in [0.05, 0.1) is 0 Å².